The Kier molecular flexibility index (Phi) is 4.51. The third-order valence-electron chi connectivity index (χ3n) is 2.35. The van der Waals surface area contributed by atoms with Crippen LogP contribution in [0.4, 0.5) is 5.13 Å². The van der Waals surface area contributed by atoms with Crippen molar-refractivity contribution >= 4 is 26.5 Å². The minimum atomic E-state index is -3.59. The molecule has 0 aliphatic carbocycles. The average Bonchev–Trinajstić information content (AvgIpc) is 3.00. The molecule has 3 N–H and O–H groups in total. The van der Waals surface area contributed by atoms with E-state index >= 15 is 0 Å². The Hall–Kier alpha value is -1.45. The molecule has 7 nitrogen and oxygen atoms in total. The van der Waals surface area contributed by atoms with Crippen molar-refractivity contribution in [3.63, 3.8) is 0 Å². The summed E-state index contributed by atoms with van der Waals surface area (Å²) in [5, 5.41) is 10.7. The lowest BCUT2D eigenvalue weighted by Crippen LogP contribution is -2.14. The van der Waals surface area contributed by atoms with Gasteiger partial charge >= 0.3 is 0 Å². The number of H-pyrrole nitrogens is 1. The highest BCUT2D eigenvalue weighted by atomic mass is 32.2. The van der Waals surface area contributed by atoms with Gasteiger partial charge in [-0.1, -0.05) is 18.3 Å². The van der Waals surface area contributed by atoms with E-state index in [1.165, 1.54) is 11.7 Å². The van der Waals surface area contributed by atoms with E-state index in [0.717, 1.165) is 30.0 Å². The molecule has 2 aromatic rings. The quantitative estimate of drug-likeness (QED) is 0.667. The van der Waals surface area contributed by atoms with Crippen molar-refractivity contribution in [1.29, 1.82) is 0 Å². The molecular formula is C10H15N5O2S2. The first-order chi connectivity index (χ1) is 9.12. The van der Waals surface area contributed by atoms with Crippen LogP contribution in [0.1, 0.15) is 19.0 Å². The summed E-state index contributed by atoms with van der Waals surface area (Å²) < 4.78 is 26.4. The maximum Gasteiger partial charge on any atom is 0.265 e. The molecule has 0 radical (unpaired) electrons. The number of hydrogen-bond acceptors (Lipinski definition) is 6. The first-order valence-electron chi connectivity index (χ1n) is 5.79. The summed E-state index contributed by atoms with van der Waals surface area (Å²) in [7, 11) is -3.59. The highest BCUT2D eigenvalue weighted by Gasteiger charge is 2.17. The minimum absolute atomic E-state index is 0.191. The number of aromatic amines is 1. The lowest BCUT2D eigenvalue weighted by atomic mass is 10.4. The lowest BCUT2D eigenvalue weighted by molar-refractivity contribution is 0.601. The molecule has 0 bridgehead atoms. The van der Waals surface area contributed by atoms with E-state index < -0.39 is 10.0 Å². The molecule has 0 amide bonds. The molecule has 0 spiro atoms. The number of nitrogens with one attached hydrogen (secondary N) is 3. The van der Waals surface area contributed by atoms with Gasteiger partial charge in [-0.25, -0.2) is 8.42 Å². The molecule has 2 rings (SSSR count). The molecule has 0 aliphatic rings. The Morgan fingerprint density at radius 1 is 1.47 bits per heavy atom. The Morgan fingerprint density at radius 3 is 3.00 bits per heavy atom. The van der Waals surface area contributed by atoms with Crippen molar-refractivity contribution in [1.82, 2.24) is 20.5 Å². The van der Waals surface area contributed by atoms with Gasteiger partial charge in [-0.2, -0.15) is 0 Å². The summed E-state index contributed by atoms with van der Waals surface area (Å²) in [6.45, 7) is 3.58. The molecule has 0 fully saturated rings. The number of aromatic nitrogens is 3. The van der Waals surface area contributed by atoms with Crippen LogP contribution >= 0.6 is 11.3 Å². The molecule has 104 valence electrons. The van der Waals surface area contributed by atoms with Gasteiger partial charge in [-0.05, 0) is 19.0 Å². The van der Waals surface area contributed by atoms with Gasteiger partial charge in [0.1, 0.15) is 10.4 Å². The molecule has 0 unspecified atom stereocenters. The standard InChI is InChI=1S/C10H15N5O2S2/c1-2-3-11-5-8-4-9(6-12-8)19(16,17)15-10-14-13-7-18-10/h4,6-7,11-12H,2-3,5H2,1H3,(H,14,15). The largest absolute Gasteiger partial charge is 0.363 e. The van der Waals surface area contributed by atoms with Crippen molar-refractivity contribution < 1.29 is 8.42 Å². The van der Waals surface area contributed by atoms with Crippen LogP contribution in [0.3, 0.4) is 0 Å². The molecule has 9 heteroatoms. The van der Waals surface area contributed by atoms with Crippen LogP contribution in [0.15, 0.2) is 22.7 Å². The first-order valence-corrected chi connectivity index (χ1v) is 8.15. The summed E-state index contributed by atoms with van der Waals surface area (Å²) in [4.78, 5) is 3.13. The zero-order chi connectivity index (χ0) is 13.7. The Balaban J connectivity index is 2.04. The van der Waals surface area contributed by atoms with E-state index in [1.54, 1.807) is 6.07 Å². The Labute approximate surface area is 115 Å². The van der Waals surface area contributed by atoms with E-state index in [4.69, 9.17) is 0 Å². The lowest BCUT2D eigenvalue weighted by Gasteiger charge is -2.01. The number of rotatable bonds is 7. The van der Waals surface area contributed by atoms with Crippen LogP contribution in [-0.2, 0) is 16.6 Å². The fourth-order valence-corrected chi connectivity index (χ4v) is 3.18. The van der Waals surface area contributed by atoms with Gasteiger partial charge in [0.15, 0.2) is 0 Å². The fraction of sp³-hybridized carbons (Fsp3) is 0.400. The van der Waals surface area contributed by atoms with Gasteiger partial charge in [0.05, 0.1) is 0 Å². The molecule has 2 heterocycles. The number of nitrogens with zero attached hydrogens (tertiary/aromatic N) is 2. The van der Waals surface area contributed by atoms with Crippen LogP contribution in [0.25, 0.3) is 0 Å². The molecule has 2 aromatic heterocycles. The van der Waals surface area contributed by atoms with Gasteiger partial charge in [-0.3, -0.25) is 4.72 Å². The molecule has 0 aliphatic heterocycles. The second-order valence-electron chi connectivity index (χ2n) is 3.89. The summed E-state index contributed by atoms with van der Waals surface area (Å²) in [6, 6.07) is 1.60. The van der Waals surface area contributed by atoms with Crippen molar-refractivity contribution in [2.75, 3.05) is 11.3 Å². The topological polar surface area (TPSA) is 99.8 Å². The first kappa shape index (κ1) is 14.0. The van der Waals surface area contributed by atoms with Crippen molar-refractivity contribution in [3.8, 4) is 0 Å². The zero-order valence-electron chi connectivity index (χ0n) is 10.4. The second kappa shape index (κ2) is 6.13. The molecule has 0 saturated heterocycles. The summed E-state index contributed by atoms with van der Waals surface area (Å²) in [6.07, 6.45) is 2.50. The SMILES string of the molecule is CCCNCc1cc(S(=O)(=O)Nc2nncs2)c[nH]1. The van der Waals surface area contributed by atoms with Gasteiger partial charge in [0.2, 0.25) is 5.13 Å². The Morgan fingerprint density at radius 2 is 2.32 bits per heavy atom. The Bertz CT molecular complexity index is 606. The number of sulfonamides is 1. The predicted octanol–water partition coefficient (Wildman–Crippen LogP) is 1.17. The molecular weight excluding hydrogens is 286 g/mol. The van der Waals surface area contributed by atoms with E-state index in [0.29, 0.717) is 6.54 Å². The van der Waals surface area contributed by atoms with Crippen LogP contribution in [-0.4, -0.2) is 30.1 Å². The van der Waals surface area contributed by atoms with Crippen molar-refractivity contribution in [2.45, 2.75) is 24.8 Å². The monoisotopic (exact) mass is 301 g/mol. The highest BCUT2D eigenvalue weighted by molar-refractivity contribution is 7.93. The maximum absolute atomic E-state index is 12.0. The van der Waals surface area contributed by atoms with Crippen LogP contribution < -0.4 is 10.0 Å². The van der Waals surface area contributed by atoms with E-state index in [-0.39, 0.29) is 10.0 Å². The fourth-order valence-electron chi connectivity index (χ4n) is 1.47. The van der Waals surface area contributed by atoms with E-state index in [1.807, 2.05) is 0 Å². The molecule has 0 atom stereocenters. The summed E-state index contributed by atoms with van der Waals surface area (Å²) >= 11 is 1.13. The number of anilines is 1. The van der Waals surface area contributed by atoms with Crippen molar-refractivity contribution in [2.24, 2.45) is 0 Å². The van der Waals surface area contributed by atoms with E-state index in [2.05, 4.69) is 32.1 Å². The van der Waals surface area contributed by atoms with Gasteiger partial charge in [0.25, 0.3) is 10.0 Å². The zero-order valence-corrected chi connectivity index (χ0v) is 12.0. The smallest absolute Gasteiger partial charge is 0.265 e. The van der Waals surface area contributed by atoms with Gasteiger partial charge < -0.3 is 10.3 Å². The van der Waals surface area contributed by atoms with Gasteiger partial charge in [0, 0.05) is 18.4 Å². The highest BCUT2D eigenvalue weighted by Crippen LogP contribution is 2.17. The normalized spacial score (nSPS) is 11.6. The summed E-state index contributed by atoms with van der Waals surface area (Å²) in [5.74, 6) is 0. The predicted molar refractivity (Wildman–Crippen MR) is 73.5 cm³/mol. The van der Waals surface area contributed by atoms with Crippen molar-refractivity contribution in [3.05, 3.63) is 23.5 Å². The molecule has 19 heavy (non-hydrogen) atoms. The van der Waals surface area contributed by atoms with Crippen LogP contribution in [0.5, 0.6) is 0 Å². The summed E-state index contributed by atoms with van der Waals surface area (Å²) in [5.41, 5.74) is 2.29. The minimum Gasteiger partial charge on any atom is -0.363 e. The van der Waals surface area contributed by atoms with Crippen LogP contribution in [0, 0.1) is 0 Å². The molecule has 0 saturated carbocycles. The number of hydrogen-bond donors (Lipinski definition) is 3. The third kappa shape index (κ3) is 3.75. The molecule has 0 aromatic carbocycles. The maximum atomic E-state index is 12.0. The second-order valence-corrected chi connectivity index (χ2v) is 6.40. The van der Waals surface area contributed by atoms with Gasteiger partial charge in [-0.15, -0.1) is 10.2 Å². The third-order valence-corrected chi connectivity index (χ3v) is 4.40. The average molecular weight is 301 g/mol. The van der Waals surface area contributed by atoms with Crippen LogP contribution in [0.2, 0.25) is 0 Å². The van der Waals surface area contributed by atoms with E-state index in [9.17, 15) is 8.42 Å².